The fourth-order valence-corrected chi connectivity index (χ4v) is 6.65. The quantitative estimate of drug-likeness (QED) is 0.609. The lowest BCUT2D eigenvalue weighted by molar-refractivity contribution is 0.0801. The van der Waals surface area contributed by atoms with Crippen molar-refractivity contribution in [1.82, 2.24) is 9.21 Å². The lowest BCUT2D eigenvalue weighted by Crippen LogP contribution is -2.45. The average Bonchev–Trinajstić information content (AvgIpc) is 2.76. The minimum Gasteiger partial charge on any atom is -0.302 e. The monoisotopic (exact) mass is 512 g/mol. The molecular weight excluding hydrogens is 484 g/mol. The van der Waals surface area contributed by atoms with E-state index in [-0.39, 0.29) is 5.75 Å². The minimum absolute atomic E-state index is 0.126. The van der Waals surface area contributed by atoms with Gasteiger partial charge in [0.25, 0.3) is 16.0 Å². The number of thioether (sulfide) groups is 1. The van der Waals surface area contributed by atoms with Crippen molar-refractivity contribution in [2.75, 3.05) is 37.4 Å². The van der Waals surface area contributed by atoms with Crippen molar-refractivity contribution in [2.24, 2.45) is 0 Å². The highest BCUT2D eigenvalue weighted by molar-refractivity contribution is 7.99. The van der Waals surface area contributed by atoms with Crippen LogP contribution < -0.4 is 0 Å². The summed E-state index contributed by atoms with van der Waals surface area (Å²) in [5.41, 5.74) is 1.95. The summed E-state index contributed by atoms with van der Waals surface area (Å²) in [6, 6.07) is 16.1. The third-order valence-electron chi connectivity index (χ3n) is 5.38. The first-order valence-electron chi connectivity index (χ1n) is 10.5. The zero-order valence-corrected chi connectivity index (χ0v) is 20.8. The average molecular weight is 513 g/mol. The Balaban J connectivity index is 0.000000555. The third-order valence-corrected chi connectivity index (χ3v) is 8.01. The summed E-state index contributed by atoms with van der Waals surface area (Å²) in [6.07, 6.45) is 1.31. The normalized spacial score (nSPS) is 19.2. The van der Waals surface area contributed by atoms with Crippen molar-refractivity contribution in [3.63, 3.8) is 0 Å². The number of benzene rings is 2. The Labute approximate surface area is 199 Å². The predicted octanol–water partition coefficient (Wildman–Crippen LogP) is 2.66. The van der Waals surface area contributed by atoms with Gasteiger partial charge in [-0.15, -0.1) is 0 Å². The predicted molar refractivity (Wildman–Crippen MR) is 130 cm³/mol. The fraction of sp³-hybridized carbons (Fsp3) is 0.409. The molecule has 0 spiro atoms. The smallest absolute Gasteiger partial charge is 0.268 e. The van der Waals surface area contributed by atoms with Crippen molar-refractivity contribution < 1.29 is 26.2 Å². The van der Waals surface area contributed by atoms with E-state index in [1.807, 2.05) is 42.1 Å². The standard InChI is InChI=1S/C21H24N2O3S2.CH4O3S/c24-21-19-9-5-4-8-18(19)16-28(25,26)23(21)20(17-6-2-1-3-7-17)10-11-22-12-14-27-15-13-22;1-5(2,3)4/h1-9,20H,10-16H2;1H3,(H,2,3,4). The van der Waals surface area contributed by atoms with E-state index >= 15 is 0 Å². The van der Waals surface area contributed by atoms with Gasteiger partial charge in [0.1, 0.15) is 0 Å². The second-order valence-electron chi connectivity index (χ2n) is 7.92. The number of hydrogen-bond acceptors (Lipinski definition) is 7. The Morgan fingerprint density at radius 3 is 2.24 bits per heavy atom. The molecule has 0 radical (unpaired) electrons. The summed E-state index contributed by atoms with van der Waals surface area (Å²) >= 11 is 1.95. The van der Waals surface area contributed by atoms with Crippen LogP contribution in [0.1, 0.15) is 33.9 Å². The molecule has 0 saturated carbocycles. The highest BCUT2D eigenvalue weighted by Crippen LogP contribution is 2.35. The SMILES string of the molecule is CS(=O)(=O)O.O=C1c2ccccc2CS(=O)(=O)N1C(CCN1CCSCC1)c1ccccc1. The molecule has 2 heterocycles. The second-order valence-corrected chi connectivity index (χ2v) is 12.5. The van der Waals surface area contributed by atoms with Crippen molar-refractivity contribution in [2.45, 2.75) is 18.2 Å². The highest BCUT2D eigenvalue weighted by atomic mass is 32.2. The Bertz CT molecular complexity index is 1160. The van der Waals surface area contributed by atoms with Crippen LogP contribution in [-0.4, -0.2) is 73.9 Å². The van der Waals surface area contributed by atoms with E-state index in [2.05, 4.69) is 4.90 Å². The molecule has 1 fully saturated rings. The van der Waals surface area contributed by atoms with Gasteiger partial charge in [0, 0.05) is 36.7 Å². The van der Waals surface area contributed by atoms with E-state index in [1.165, 1.54) is 0 Å². The third kappa shape index (κ3) is 7.28. The van der Waals surface area contributed by atoms with Crippen LogP contribution >= 0.6 is 11.8 Å². The zero-order chi connectivity index (χ0) is 24.1. The molecule has 0 bridgehead atoms. The molecule has 33 heavy (non-hydrogen) atoms. The van der Waals surface area contributed by atoms with Gasteiger partial charge in [-0.2, -0.15) is 20.2 Å². The van der Waals surface area contributed by atoms with Gasteiger partial charge in [-0.25, -0.2) is 12.7 Å². The number of rotatable bonds is 5. The lowest BCUT2D eigenvalue weighted by Gasteiger charge is -2.36. The van der Waals surface area contributed by atoms with Gasteiger partial charge in [0.05, 0.1) is 18.1 Å². The molecule has 8 nitrogen and oxygen atoms in total. The molecule has 1 atom stereocenters. The molecule has 2 aromatic rings. The van der Waals surface area contributed by atoms with Crippen LogP contribution in [0.2, 0.25) is 0 Å². The van der Waals surface area contributed by atoms with Gasteiger partial charge in [-0.3, -0.25) is 9.35 Å². The summed E-state index contributed by atoms with van der Waals surface area (Å²) in [5.74, 6) is 1.66. The Morgan fingerprint density at radius 2 is 1.61 bits per heavy atom. The molecular formula is C22H28N2O6S3. The zero-order valence-electron chi connectivity index (χ0n) is 18.3. The van der Waals surface area contributed by atoms with E-state index in [0.29, 0.717) is 23.8 Å². The van der Waals surface area contributed by atoms with Gasteiger partial charge in [-0.05, 0) is 23.6 Å². The second kappa shape index (κ2) is 11.0. The molecule has 1 unspecified atom stereocenters. The number of amides is 1. The van der Waals surface area contributed by atoms with Gasteiger partial charge < -0.3 is 4.90 Å². The first kappa shape index (κ1) is 25.7. The molecule has 2 aliphatic heterocycles. The maximum absolute atomic E-state index is 13.2. The van der Waals surface area contributed by atoms with Crippen LogP contribution in [0.3, 0.4) is 0 Å². The summed E-state index contributed by atoms with van der Waals surface area (Å²) in [7, 11) is -7.39. The van der Waals surface area contributed by atoms with Crippen molar-refractivity contribution in [3.8, 4) is 0 Å². The minimum atomic E-state index is -3.73. The van der Waals surface area contributed by atoms with Gasteiger partial charge >= 0.3 is 0 Å². The number of carbonyl (C=O) groups excluding carboxylic acids is 1. The van der Waals surface area contributed by atoms with Crippen LogP contribution in [0, 0.1) is 0 Å². The van der Waals surface area contributed by atoms with Gasteiger partial charge in [-0.1, -0.05) is 48.5 Å². The molecule has 1 amide bonds. The summed E-state index contributed by atoms with van der Waals surface area (Å²) in [6.45, 7) is 2.80. The summed E-state index contributed by atoms with van der Waals surface area (Å²) < 4.78 is 53.2. The van der Waals surface area contributed by atoms with Gasteiger partial charge in [0.15, 0.2) is 0 Å². The van der Waals surface area contributed by atoms with E-state index in [0.717, 1.165) is 41.0 Å². The molecule has 1 N–H and O–H groups in total. The lowest BCUT2D eigenvalue weighted by atomic mass is 10.0. The van der Waals surface area contributed by atoms with Crippen molar-refractivity contribution in [1.29, 1.82) is 0 Å². The summed E-state index contributed by atoms with van der Waals surface area (Å²) in [4.78, 5) is 15.6. The molecule has 0 aromatic heterocycles. The van der Waals surface area contributed by atoms with Crippen LogP contribution in [0.15, 0.2) is 54.6 Å². The van der Waals surface area contributed by atoms with E-state index in [9.17, 15) is 21.6 Å². The maximum atomic E-state index is 13.2. The summed E-state index contributed by atoms with van der Waals surface area (Å²) in [5, 5.41) is 0. The maximum Gasteiger partial charge on any atom is 0.268 e. The van der Waals surface area contributed by atoms with Crippen LogP contribution in [0.4, 0.5) is 0 Å². The largest absolute Gasteiger partial charge is 0.302 e. The number of hydrogen-bond donors (Lipinski definition) is 1. The Morgan fingerprint density at radius 1 is 1.03 bits per heavy atom. The molecule has 1 saturated heterocycles. The molecule has 180 valence electrons. The van der Waals surface area contributed by atoms with Crippen LogP contribution in [0.5, 0.6) is 0 Å². The molecule has 2 aliphatic rings. The molecule has 2 aromatic carbocycles. The number of sulfonamides is 1. The highest BCUT2D eigenvalue weighted by Gasteiger charge is 2.40. The first-order valence-corrected chi connectivity index (χ1v) is 15.1. The van der Waals surface area contributed by atoms with E-state index in [1.54, 1.807) is 24.3 Å². The van der Waals surface area contributed by atoms with E-state index in [4.69, 9.17) is 4.55 Å². The number of nitrogens with zero attached hydrogens (tertiary/aromatic N) is 2. The van der Waals surface area contributed by atoms with E-state index < -0.39 is 32.1 Å². The van der Waals surface area contributed by atoms with Crippen molar-refractivity contribution in [3.05, 3.63) is 71.3 Å². The number of carbonyl (C=O) groups is 1. The first-order chi connectivity index (χ1) is 15.6. The van der Waals surface area contributed by atoms with Crippen LogP contribution in [0.25, 0.3) is 0 Å². The molecule has 11 heteroatoms. The molecule has 4 rings (SSSR count). The van der Waals surface area contributed by atoms with Gasteiger partial charge in [0.2, 0.25) is 10.0 Å². The molecule has 0 aliphatic carbocycles. The van der Waals surface area contributed by atoms with Crippen LogP contribution in [-0.2, 0) is 25.9 Å². The van der Waals surface area contributed by atoms with Crippen molar-refractivity contribution >= 4 is 37.8 Å². The topological polar surface area (TPSA) is 112 Å². The Kier molecular flexibility index (Phi) is 8.57. The number of fused-ring (bicyclic) bond motifs is 1. The fourth-order valence-electron chi connectivity index (χ4n) is 3.93. The Hall–Kier alpha value is -1.92.